The van der Waals surface area contributed by atoms with Crippen molar-refractivity contribution in [2.24, 2.45) is 5.73 Å². The van der Waals surface area contributed by atoms with E-state index in [-0.39, 0.29) is 6.61 Å². The third kappa shape index (κ3) is 2.71. The first-order chi connectivity index (χ1) is 9.40. The number of rotatable bonds is 3. The molecule has 110 valence electrons. The maximum absolute atomic E-state index is 11.6. The predicted octanol–water partition coefficient (Wildman–Crippen LogP) is -2.75. The highest BCUT2D eigenvalue weighted by Crippen LogP contribution is 2.28. The van der Waals surface area contributed by atoms with Crippen LogP contribution in [0.3, 0.4) is 0 Å². The summed E-state index contributed by atoms with van der Waals surface area (Å²) in [4.78, 5) is 35.0. The van der Waals surface area contributed by atoms with Crippen molar-refractivity contribution in [3.63, 3.8) is 0 Å². The molecule has 10 heteroatoms. The monoisotopic (exact) mass is 287 g/mol. The number of carbonyl (C=O) groups excluding carboxylic acids is 1. The zero-order valence-corrected chi connectivity index (χ0v) is 10.1. The van der Waals surface area contributed by atoms with Gasteiger partial charge in [-0.05, 0) is 0 Å². The molecule has 1 saturated heterocycles. The zero-order chi connectivity index (χ0) is 14.9. The summed E-state index contributed by atoms with van der Waals surface area (Å²) in [5.74, 6) is 0. The van der Waals surface area contributed by atoms with Gasteiger partial charge in [-0.25, -0.2) is 9.59 Å². The highest BCUT2D eigenvalue weighted by molar-refractivity contribution is 5.64. The molecule has 1 fully saturated rings. The SMILES string of the molecule is NC(=O)OC[C@@H]1O[C@H](n2ccc(=O)[nH]c2=O)[C@H](O)[C@@H]1O. The molecule has 0 aliphatic carbocycles. The van der Waals surface area contributed by atoms with Gasteiger partial charge in [0.15, 0.2) is 6.23 Å². The summed E-state index contributed by atoms with van der Waals surface area (Å²) < 4.78 is 10.6. The fraction of sp³-hybridized carbons (Fsp3) is 0.500. The largest absolute Gasteiger partial charge is 0.447 e. The topological polar surface area (TPSA) is 157 Å². The smallest absolute Gasteiger partial charge is 0.404 e. The summed E-state index contributed by atoms with van der Waals surface area (Å²) in [5.41, 5.74) is 3.38. The van der Waals surface area contributed by atoms with Crippen LogP contribution in [0.2, 0.25) is 0 Å². The highest BCUT2D eigenvalue weighted by atomic mass is 16.6. The van der Waals surface area contributed by atoms with E-state index in [0.717, 1.165) is 16.8 Å². The molecular formula is C10H13N3O7. The third-order valence-corrected chi connectivity index (χ3v) is 2.85. The van der Waals surface area contributed by atoms with Crippen molar-refractivity contribution < 1.29 is 24.5 Å². The number of nitrogens with zero attached hydrogens (tertiary/aromatic N) is 1. The lowest BCUT2D eigenvalue weighted by Crippen LogP contribution is -2.37. The van der Waals surface area contributed by atoms with Crippen LogP contribution in [0.4, 0.5) is 4.79 Å². The first-order valence-corrected chi connectivity index (χ1v) is 5.65. The number of hydrogen-bond donors (Lipinski definition) is 4. The lowest BCUT2D eigenvalue weighted by molar-refractivity contribution is -0.0563. The van der Waals surface area contributed by atoms with Gasteiger partial charge < -0.3 is 25.4 Å². The molecule has 4 atom stereocenters. The van der Waals surface area contributed by atoms with Gasteiger partial charge in [0.1, 0.15) is 24.9 Å². The first kappa shape index (κ1) is 14.2. The maximum atomic E-state index is 11.6. The molecule has 1 aliphatic heterocycles. The van der Waals surface area contributed by atoms with E-state index in [4.69, 9.17) is 10.5 Å². The minimum Gasteiger partial charge on any atom is -0.447 e. The highest BCUT2D eigenvalue weighted by Gasteiger charge is 2.44. The number of amides is 1. The van der Waals surface area contributed by atoms with Gasteiger partial charge in [-0.1, -0.05) is 0 Å². The summed E-state index contributed by atoms with van der Waals surface area (Å²) >= 11 is 0. The van der Waals surface area contributed by atoms with Crippen molar-refractivity contribution in [2.75, 3.05) is 6.61 Å². The Bertz CT molecular complexity index is 609. The Morgan fingerprint density at radius 1 is 1.45 bits per heavy atom. The molecule has 1 aliphatic rings. The van der Waals surface area contributed by atoms with Gasteiger partial charge in [0.05, 0.1) is 0 Å². The van der Waals surface area contributed by atoms with Crippen LogP contribution in [0.5, 0.6) is 0 Å². The molecule has 1 aromatic heterocycles. The lowest BCUT2D eigenvalue weighted by atomic mass is 10.1. The molecule has 2 rings (SSSR count). The second-order valence-electron chi connectivity index (χ2n) is 4.19. The van der Waals surface area contributed by atoms with Crippen molar-refractivity contribution in [1.82, 2.24) is 9.55 Å². The number of nitrogens with two attached hydrogens (primary N) is 1. The number of ether oxygens (including phenoxy) is 2. The lowest BCUT2D eigenvalue weighted by Gasteiger charge is -2.16. The molecule has 10 nitrogen and oxygen atoms in total. The van der Waals surface area contributed by atoms with Crippen LogP contribution in [0.1, 0.15) is 6.23 Å². The number of nitrogens with one attached hydrogen (secondary N) is 1. The van der Waals surface area contributed by atoms with E-state index in [1.165, 1.54) is 0 Å². The minimum atomic E-state index is -1.43. The molecule has 5 N–H and O–H groups in total. The Morgan fingerprint density at radius 3 is 2.75 bits per heavy atom. The van der Waals surface area contributed by atoms with Crippen LogP contribution in [0, 0.1) is 0 Å². The van der Waals surface area contributed by atoms with Crippen molar-refractivity contribution >= 4 is 6.09 Å². The van der Waals surface area contributed by atoms with E-state index in [0.29, 0.717) is 0 Å². The summed E-state index contributed by atoms with van der Waals surface area (Å²) in [6.07, 6.45) is -4.99. The predicted molar refractivity (Wildman–Crippen MR) is 62.8 cm³/mol. The summed E-state index contributed by atoms with van der Waals surface area (Å²) in [6, 6.07) is 1.07. The Morgan fingerprint density at radius 2 is 2.15 bits per heavy atom. The summed E-state index contributed by atoms with van der Waals surface area (Å²) in [5, 5.41) is 19.6. The van der Waals surface area contributed by atoms with Crippen LogP contribution in [0.15, 0.2) is 21.9 Å². The molecule has 1 aromatic rings. The Balaban J connectivity index is 2.19. The van der Waals surface area contributed by atoms with Gasteiger partial charge in [-0.2, -0.15) is 0 Å². The number of aromatic amines is 1. The molecular weight excluding hydrogens is 274 g/mol. The molecule has 1 amide bonds. The van der Waals surface area contributed by atoms with Crippen LogP contribution in [-0.4, -0.2) is 50.8 Å². The van der Waals surface area contributed by atoms with E-state index in [1.54, 1.807) is 0 Å². The van der Waals surface area contributed by atoms with Crippen molar-refractivity contribution in [2.45, 2.75) is 24.5 Å². The normalized spacial score (nSPS) is 29.3. The number of aliphatic hydroxyl groups excluding tert-OH is 2. The van der Waals surface area contributed by atoms with E-state index in [1.807, 2.05) is 4.98 Å². The molecule has 0 radical (unpaired) electrons. The van der Waals surface area contributed by atoms with E-state index < -0.39 is 41.9 Å². The van der Waals surface area contributed by atoms with Crippen LogP contribution >= 0.6 is 0 Å². The van der Waals surface area contributed by atoms with Crippen molar-refractivity contribution in [3.8, 4) is 0 Å². The Kier molecular flexibility index (Phi) is 3.88. The van der Waals surface area contributed by atoms with Gasteiger partial charge in [0.25, 0.3) is 5.56 Å². The second kappa shape index (κ2) is 5.45. The molecule has 0 unspecified atom stereocenters. The number of aromatic nitrogens is 2. The minimum absolute atomic E-state index is 0.373. The van der Waals surface area contributed by atoms with Crippen LogP contribution in [0.25, 0.3) is 0 Å². The quantitative estimate of drug-likeness (QED) is 0.469. The number of H-pyrrole nitrogens is 1. The number of carbonyl (C=O) groups is 1. The molecule has 2 heterocycles. The van der Waals surface area contributed by atoms with Gasteiger partial charge in [0.2, 0.25) is 0 Å². The number of primary amides is 1. The Labute approximate surface area is 111 Å². The zero-order valence-electron chi connectivity index (χ0n) is 10.1. The van der Waals surface area contributed by atoms with Gasteiger partial charge in [-0.3, -0.25) is 14.3 Å². The van der Waals surface area contributed by atoms with Gasteiger partial charge in [0, 0.05) is 12.3 Å². The van der Waals surface area contributed by atoms with Crippen LogP contribution in [-0.2, 0) is 9.47 Å². The third-order valence-electron chi connectivity index (χ3n) is 2.85. The maximum Gasteiger partial charge on any atom is 0.404 e. The van der Waals surface area contributed by atoms with E-state index in [2.05, 4.69) is 4.74 Å². The van der Waals surface area contributed by atoms with Gasteiger partial charge in [-0.15, -0.1) is 0 Å². The van der Waals surface area contributed by atoms with Crippen LogP contribution < -0.4 is 17.0 Å². The number of hydrogen-bond acceptors (Lipinski definition) is 7. The van der Waals surface area contributed by atoms with Crippen molar-refractivity contribution in [3.05, 3.63) is 33.1 Å². The first-order valence-electron chi connectivity index (χ1n) is 5.65. The summed E-state index contributed by atoms with van der Waals surface area (Å²) in [6.45, 7) is -0.373. The fourth-order valence-corrected chi connectivity index (χ4v) is 1.89. The molecule has 0 saturated carbocycles. The van der Waals surface area contributed by atoms with Gasteiger partial charge >= 0.3 is 11.8 Å². The standard InChI is InChI=1S/C10H13N3O7/c11-9(17)19-3-4-6(15)7(16)8(20-4)13-2-1-5(14)12-10(13)18/h1-2,4,6-8,15-16H,3H2,(H2,11,17)(H,12,14,18)/t4-,6+,7+,8-/m0/s1. The number of aliphatic hydroxyl groups is 2. The molecule has 0 aromatic carbocycles. The average Bonchev–Trinajstić information content (AvgIpc) is 2.64. The second-order valence-corrected chi connectivity index (χ2v) is 4.19. The van der Waals surface area contributed by atoms with E-state index in [9.17, 15) is 24.6 Å². The molecule has 0 spiro atoms. The fourth-order valence-electron chi connectivity index (χ4n) is 1.89. The van der Waals surface area contributed by atoms with Crippen molar-refractivity contribution in [1.29, 1.82) is 0 Å². The molecule has 0 bridgehead atoms. The average molecular weight is 287 g/mol. The Hall–Kier alpha value is -2.17. The summed E-state index contributed by atoms with van der Waals surface area (Å²) in [7, 11) is 0. The molecule has 20 heavy (non-hydrogen) atoms. The van der Waals surface area contributed by atoms with E-state index >= 15 is 0 Å².